The predicted octanol–water partition coefficient (Wildman–Crippen LogP) is 2.29. The Balaban J connectivity index is 2.03. The zero-order valence-corrected chi connectivity index (χ0v) is 12.7. The summed E-state index contributed by atoms with van der Waals surface area (Å²) < 4.78 is 1.85. The van der Waals surface area contributed by atoms with Crippen molar-refractivity contribution >= 4 is 39.9 Å². The standard InChI is InChI=1S/C13H16ClN3O2S/c1-16(6-2-3-8-18)11(19)5-4-10-12(14)15-13-17(10)7-9-20-13/h4-5,7,9,18H,2-3,6,8H2,1H3/b5-4+. The van der Waals surface area contributed by atoms with Crippen LogP contribution in [0.2, 0.25) is 5.15 Å². The van der Waals surface area contributed by atoms with Crippen LogP contribution >= 0.6 is 22.9 Å². The van der Waals surface area contributed by atoms with Crippen molar-refractivity contribution in [2.24, 2.45) is 0 Å². The Kier molecular flexibility index (Phi) is 5.17. The van der Waals surface area contributed by atoms with Gasteiger partial charge in [-0.2, -0.15) is 0 Å². The van der Waals surface area contributed by atoms with Crippen molar-refractivity contribution < 1.29 is 9.90 Å². The van der Waals surface area contributed by atoms with E-state index in [2.05, 4.69) is 4.98 Å². The maximum Gasteiger partial charge on any atom is 0.246 e. The summed E-state index contributed by atoms with van der Waals surface area (Å²) in [5.74, 6) is -0.0933. The number of likely N-dealkylation sites (N-methyl/N-ethyl adjacent to an activating group) is 1. The molecule has 0 atom stereocenters. The lowest BCUT2D eigenvalue weighted by atomic mass is 10.3. The van der Waals surface area contributed by atoms with E-state index in [0.29, 0.717) is 23.8 Å². The van der Waals surface area contributed by atoms with Crippen LogP contribution in [-0.4, -0.2) is 45.5 Å². The van der Waals surface area contributed by atoms with E-state index in [1.165, 1.54) is 17.4 Å². The Morgan fingerprint density at radius 2 is 2.40 bits per heavy atom. The molecule has 0 saturated carbocycles. The molecule has 2 rings (SSSR count). The van der Waals surface area contributed by atoms with Crippen LogP contribution < -0.4 is 0 Å². The molecule has 2 aromatic rings. The molecule has 0 aliphatic carbocycles. The van der Waals surface area contributed by atoms with Crippen LogP contribution in [0, 0.1) is 0 Å². The number of amides is 1. The van der Waals surface area contributed by atoms with Crippen molar-refractivity contribution in [1.29, 1.82) is 0 Å². The fraction of sp³-hybridized carbons (Fsp3) is 0.385. The van der Waals surface area contributed by atoms with Gasteiger partial charge in [-0.05, 0) is 18.9 Å². The number of carbonyl (C=O) groups excluding carboxylic acids is 1. The number of aliphatic hydroxyl groups excluding tert-OH is 1. The van der Waals surface area contributed by atoms with Gasteiger partial charge in [-0.25, -0.2) is 4.98 Å². The normalized spacial score (nSPS) is 11.6. The molecule has 0 saturated heterocycles. The summed E-state index contributed by atoms with van der Waals surface area (Å²) >= 11 is 7.54. The molecule has 0 aliphatic heterocycles. The molecule has 2 aromatic heterocycles. The van der Waals surface area contributed by atoms with Gasteiger partial charge in [0.15, 0.2) is 10.1 Å². The first-order valence-electron chi connectivity index (χ1n) is 6.28. The molecule has 0 unspecified atom stereocenters. The van der Waals surface area contributed by atoms with E-state index in [1.54, 1.807) is 18.0 Å². The summed E-state index contributed by atoms with van der Waals surface area (Å²) in [5, 5.41) is 11.0. The first kappa shape index (κ1) is 15.0. The Morgan fingerprint density at radius 1 is 1.60 bits per heavy atom. The number of hydrogen-bond donors (Lipinski definition) is 1. The molecule has 20 heavy (non-hydrogen) atoms. The van der Waals surface area contributed by atoms with Crippen molar-refractivity contribution in [3.05, 3.63) is 28.5 Å². The molecule has 0 radical (unpaired) electrons. The summed E-state index contributed by atoms with van der Waals surface area (Å²) in [6.45, 7) is 0.775. The first-order chi connectivity index (χ1) is 9.63. The lowest BCUT2D eigenvalue weighted by Crippen LogP contribution is -2.25. The molecule has 2 heterocycles. The van der Waals surface area contributed by atoms with E-state index in [0.717, 1.165) is 11.4 Å². The number of nitrogens with zero attached hydrogens (tertiary/aromatic N) is 3. The molecule has 108 valence electrons. The van der Waals surface area contributed by atoms with Crippen molar-refractivity contribution in [3.8, 4) is 0 Å². The largest absolute Gasteiger partial charge is 0.396 e. The zero-order chi connectivity index (χ0) is 14.5. The van der Waals surface area contributed by atoms with Crippen molar-refractivity contribution in [2.45, 2.75) is 12.8 Å². The number of carbonyl (C=O) groups is 1. The Morgan fingerprint density at radius 3 is 3.15 bits per heavy atom. The topological polar surface area (TPSA) is 57.8 Å². The third-order valence-electron chi connectivity index (χ3n) is 2.92. The molecular formula is C13H16ClN3O2S. The smallest absolute Gasteiger partial charge is 0.246 e. The second-order valence-corrected chi connectivity index (χ2v) is 5.60. The number of fused-ring (bicyclic) bond motifs is 1. The number of imidazole rings is 1. The van der Waals surface area contributed by atoms with Crippen LogP contribution in [0.25, 0.3) is 11.0 Å². The molecule has 0 aliphatic rings. The van der Waals surface area contributed by atoms with Crippen LogP contribution in [-0.2, 0) is 4.79 Å². The maximum atomic E-state index is 11.9. The molecule has 0 spiro atoms. The second-order valence-electron chi connectivity index (χ2n) is 4.37. The van der Waals surface area contributed by atoms with Crippen LogP contribution in [0.3, 0.4) is 0 Å². The van der Waals surface area contributed by atoms with Crippen LogP contribution in [0.4, 0.5) is 0 Å². The minimum absolute atomic E-state index is 0.0933. The Labute approximate surface area is 126 Å². The van der Waals surface area contributed by atoms with Crippen molar-refractivity contribution in [3.63, 3.8) is 0 Å². The SMILES string of the molecule is CN(CCCCO)C(=O)/C=C/c1c(Cl)nc2sccn12. The van der Waals surface area contributed by atoms with E-state index < -0.39 is 0 Å². The van der Waals surface area contributed by atoms with Gasteiger partial charge in [-0.1, -0.05) is 11.6 Å². The van der Waals surface area contributed by atoms with Gasteiger partial charge in [0.25, 0.3) is 0 Å². The summed E-state index contributed by atoms with van der Waals surface area (Å²) in [6, 6.07) is 0. The highest BCUT2D eigenvalue weighted by Crippen LogP contribution is 2.22. The maximum absolute atomic E-state index is 11.9. The summed E-state index contributed by atoms with van der Waals surface area (Å²) in [6.07, 6.45) is 6.53. The van der Waals surface area contributed by atoms with Gasteiger partial charge in [0.2, 0.25) is 5.91 Å². The van der Waals surface area contributed by atoms with E-state index in [9.17, 15) is 4.79 Å². The van der Waals surface area contributed by atoms with Crippen molar-refractivity contribution in [1.82, 2.24) is 14.3 Å². The van der Waals surface area contributed by atoms with Crippen molar-refractivity contribution in [2.75, 3.05) is 20.2 Å². The van der Waals surface area contributed by atoms with Gasteiger partial charge < -0.3 is 10.0 Å². The fourth-order valence-corrected chi connectivity index (χ4v) is 2.78. The predicted molar refractivity (Wildman–Crippen MR) is 81.1 cm³/mol. The van der Waals surface area contributed by atoms with Crippen LogP contribution in [0.5, 0.6) is 0 Å². The molecule has 1 N–H and O–H groups in total. The molecule has 0 bridgehead atoms. The number of thiazole rings is 1. The van der Waals surface area contributed by atoms with E-state index in [1.807, 2.05) is 16.0 Å². The number of aromatic nitrogens is 2. The number of rotatable bonds is 6. The van der Waals surface area contributed by atoms with Gasteiger partial charge >= 0.3 is 0 Å². The second kappa shape index (κ2) is 6.88. The molecule has 7 heteroatoms. The highest BCUT2D eigenvalue weighted by atomic mass is 35.5. The monoisotopic (exact) mass is 313 g/mol. The average molecular weight is 314 g/mol. The molecular weight excluding hydrogens is 298 g/mol. The van der Waals surface area contributed by atoms with Crippen LogP contribution in [0.1, 0.15) is 18.5 Å². The Bertz CT molecular complexity index is 620. The van der Waals surface area contributed by atoms with E-state index in [4.69, 9.17) is 16.7 Å². The lowest BCUT2D eigenvalue weighted by Gasteiger charge is -2.14. The van der Waals surface area contributed by atoms with Gasteiger partial charge in [0.05, 0.1) is 5.69 Å². The minimum Gasteiger partial charge on any atom is -0.396 e. The minimum atomic E-state index is -0.0933. The summed E-state index contributed by atoms with van der Waals surface area (Å²) in [7, 11) is 1.74. The number of halogens is 1. The van der Waals surface area contributed by atoms with E-state index in [-0.39, 0.29) is 12.5 Å². The summed E-state index contributed by atoms with van der Waals surface area (Å²) in [5.41, 5.74) is 0.708. The highest BCUT2D eigenvalue weighted by molar-refractivity contribution is 7.15. The van der Waals surface area contributed by atoms with Gasteiger partial charge in [0, 0.05) is 37.9 Å². The fourth-order valence-electron chi connectivity index (χ4n) is 1.77. The zero-order valence-electron chi connectivity index (χ0n) is 11.1. The van der Waals surface area contributed by atoms with Gasteiger partial charge in [-0.3, -0.25) is 9.20 Å². The first-order valence-corrected chi connectivity index (χ1v) is 7.54. The Hall–Kier alpha value is -1.37. The molecule has 0 fully saturated rings. The number of hydrogen-bond acceptors (Lipinski definition) is 4. The van der Waals surface area contributed by atoms with E-state index >= 15 is 0 Å². The summed E-state index contributed by atoms with van der Waals surface area (Å²) in [4.78, 5) is 18.5. The number of aliphatic hydroxyl groups is 1. The average Bonchev–Trinajstić information content (AvgIpc) is 2.97. The third-order valence-corrected chi connectivity index (χ3v) is 3.95. The molecule has 5 nitrogen and oxygen atoms in total. The number of unbranched alkanes of at least 4 members (excludes halogenated alkanes) is 1. The van der Waals surface area contributed by atoms with Gasteiger partial charge in [0.1, 0.15) is 0 Å². The quantitative estimate of drug-likeness (QED) is 0.657. The third kappa shape index (κ3) is 3.39. The highest BCUT2D eigenvalue weighted by Gasteiger charge is 2.10. The van der Waals surface area contributed by atoms with Gasteiger partial charge in [-0.15, -0.1) is 11.3 Å². The molecule has 1 amide bonds. The molecule has 0 aromatic carbocycles. The lowest BCUT2D eigenvalue weighted by molar-refractivity contribution is -0.124. The van der Waals surface area contributed by atoms with Crippen LogP contribution in [0.15, 0.2) is 17.7 Å².